The quantitative estimate of drug-likeness (QED) is 0.280. The number of carbonyl (C=O) groups is 1. The Bertz CT molecular complexity index is 686. The van der Waals surface area contributed by atoms with Gasteiger partial charge in [0.05, 0.1) is 13.1 Å². The van der Waals surface area contributed by atoms with Crippen molar-refractivity contribution >= 4 is 35.8 Å². The molecule has 0 unspecified atom stereocenters. The van der Waals surface area contributed by atoms with Crippen molar-refractivity contribution in [2.45, 2.75) is 52.7 Å². The van der Waals surface area contributed by atoms with Crippen molar-refractivity contribution in [1.82, 2.24) is 25.8 Å². The van der Waals surface area contributed by atoms with Crippen LogP contribution in [0, 0.1) is 0 Å². The number of benzene rings is 1. The molecule has 0 aliphatic carbocycles. The number of hydrogen-bond donors (Lipinski definition) is 3. The average molecular weight is 545 g/mol. The maximum absolute atomic E-state index is 12.0. The topological polar surface area (TPSA) is 72.0 Å². The van der Waals surface area contributed by atoms with Gasteiger partial charge in [-0.2, -0.15) is 0 Å². The van der Waals surface area contributed by atoms with E-state index in [1.54, 1.807) is 0 Å². The van der Waals surface area contributed by atoms with Gasteiger partial charge in [0, 0.05) is 31.7 Å². The third-order valence-electron chi connectivity index (χ3n) is 4.94. The first-order chi connectivity index (χ1) is 14.2. The second-order valence-corrected chi connectivity index (χ2v) is 9.10. The second kappa shape index (κ2) is 13.9. The predicted octanol–water partition coefficient (Wildman–Crippen LogP) is 2.41. The summed E-state index contributed by atoms with van der Waals surface area (Å²) in [6.45, 7) is 15.1. The highest BCUT2D eigenvalue weighted by Gasteiger charge is 2.14. The summed E-state index contributed by atoms with van der Waals surface area (Å²) < 4.78 is 0. The molecular weight excluding hydrogens is 503 g/mol. The molecule has 31 heavy (non-hydrogen) atoms. The van der Waals surface area contributed by atoms with E-state index in [4.69, 9.17) is 0 Å². The van der Waals surface area contributed by atoms with Crippen LogP contribution in [0.2, 0.25) is 0 Å². The molecule has 0 spiro atoms. The molecule has 3 N–H and O–H groups in total. The number of nitrogens with one attached hydrogen (secondary N) is 3. The molecule has 1 aromatic rings. The second-order valence-electron chi connectivity index (χ2n) is 9.10. The summed E-state index contributed by atoms with van der Waals surface area (Å²) in [6.07, 6.45) is 1.23. The SMILES string of the molecule is CCNC(=NCc1ccc(CN2CCCN(C)CC2)cc1)NCC(=O)NC(C)(C)C.I. The maximum atomic E-state index is 12.0. The van der Waals surface area contributed by atoms with Gasteiger partial charge in [-0.15, -0.1) is 24.0 Å². The molecule has 1 aliphatic rings. The molecule has 176 valence electrons. The molecule has 1 amide bonds. The number of amides is 1. The minimum Gasteiger partial charge on any atom is -0.357 e. The summed E-state index contributed by atoms with van der Waals surface area (Å²) in [5.74, 6) is 0.608. The van der Waals surface area contributed by atoms with Crippen molar-refractivity contribution in [2.75, 3.05) is 46.3 Å². The minimum atomic E-state index is -0.237. The Labute approximate surface area is 205 Å². The van der Waals surface area contributed by atoms with Crippen molar-refractivity contribution in [3.8, 4) is 0 Å². The Morgan fingerprint density at radius 2 is 1.71 bits per heavy atom. The van der Waals surface area contributed by atoms with Crippen LogP contribution in [0.4, 0.5) is 0 Å². The predicted molar refractivity (Wildman–Crippen MR) is 140 cm³/mol. The van der Waals surface area contributed by atoms with Gasteiger partial charge in [-0.3, -0.25) is 9.69 Å². The highest BCUT2D eigenvalue weighted by Crippen LogP contribution is 2.11. The smallest absolute Gasteiger partial charge is 0.239 e. The van der Waals surface area contributed by atoms with Crippen LogP contribution in [0.25, 0.3) is 0 Å². The third-order valence-corrected chi connectivity index (χ3v) is 4.94. The third kappa shape index (κ3) is 11.7. The molecule has 1 fully saturated rings. The van der Waals surface area contributed by atoms with Crippen LogP contribution in [0.15, 0.2) is 29.3 Å². The van der Waals surface area contributed by atoms with Crippen molar-refractivity contribution < 1.29 is 4.79 Å². The lowest BCUT2D eigenvalue weighted by atomic mass is 10.1. The van der Waals surface area contributed by atoms with Crippen LogP contribution in [-0.4, -0.2) is 73.5 Å². The Hall–Kier alpha value is -1.39. The van der Waals surface area contributed by atoms with E-state index in [0.29, 0.717) is 12.5 Å². The molecule has 8 heteroatoms. The number of nitrogens with zero attached hydrogens (tertiary/aromatic N) is 3. The summed E-state index contributed by atoms with van der Waals surface area (Å²) >= 11 is 0. The zero-order chi connectivity index (χ0) is 22.0. The Morgan fingerprint density at radius 3 is 2.35 bits per heavy atom. The molecule has 2 rings (SSSR count). The summed E-state index contributed by atoms with van der Waals surface area (Å²) in [5, 5.41) is 9.24. The fraction of sp³-hybridized carbons (Fsp3) is 0.652. The molecule has 0 aromatic heterocycles. The van der Waals surface area contributed by atoms with Gasteiger partial charge >= 0.3 is 0 Å². The molecule has 0 atom stereocenters. The molecule has 0 bridgehead atoms. The van der Waals surface area contributed by atoms with E-state index in [1.165, 1.54) is 18.5 Å². The Kier molecular flexibility index (Phi) is 12.4. The Morgan fingerprint density at radius 1 is 1.03 bits per heavy atom. The van der Waals surface area contributed by atoms with Gasteiger partial charge in [0.25, 0.3) is 0 Å². The van der Waals surface area contributed by atoms with Crippen LogP contribution >= 0.6 is 24.0 Å². The van der Waals surface area contributed by atoms with E-state index in [-0.39, 0.29) is 42.0 Å². The first-order valence-corrected chi connectivity index (χ1v) is 11.1. The minimum absolute atomic E-state index is 0. The molecule has 1 saturated heterocycles. The van der Waals surface area contributed by atoms with E-state index >= 15 is 0 Å². The van der Waals surface area contributed by atoms with Gasteiger partial charge < -0.3 is 20.9 Å². The number of rotatable bonds is 7. The lowest BCUT2D eigenvalue weighted by Crippen LogP contribution is -2.48. The molecule has 7 nitrogen and oxygen atoms in total. The van der Waals surface area contributed by atoms with E-state index < -0.39 is 0 Å². The number of halogens is 1. The largest absolute Gasteiger partial charge is 0.357 e. The standard InChI is InChI=1S/C23H40N6O.HI/c1-6-24-22(26-17-21(30)27-23(2,3)4)25-16-19-8-10-20(11-9-19)18-29-13-7-12-28(5)14-15-29;/h8-11H,6-7,12-18H2,1-5H3,(H,27,30)(H2,24,25,26);1H. The van der Waals surface area contributed by atoms with Gasteiger partial charge in [0.15, 0.2) is 5.96 Å². The molecule has 0 radical (unpaired) electrons. The van der Waals surface area contributed by atoms with Crippen LogP contribution < -0.4 is 16.0 Å². The van der Waals surface area contributed by atoms with E-state index in [1.807, 2.05) is 27.7 Å². The first-order valence-electron chi connectivity index (χ1n) is 11.1. The number of carbonyl (C=O) groups excluding carboxylic acids is 1. The molecule has 1 aromatic carbocycles. The highest BCUT2D eigenvalue weighted by atomic mass is 127. The lowest BCUT2D eigenvalue weighted by Gasteiger charge is -2.21. The summed E-state index contributed by atoms with van der Waals surface area (Å²) in [5.41, 5.74) is 2.26. The van der Waals surface area contributed by atoms with Crippen molar-refractivity contribution in [1.29, 1.82) is 0 Å². The monoisotopic (exact) mass is 544 g/mol. The number of guanidine groups is 1. The maximum Gasteiger partial charge on any atom is 0.239 e. The van der Waals surface area contributed by atoms with E-state index in [0.717, 1.165) is 38.3 Å². The number of hydrogen-bond acceptors (Lipinski definition) is 4. The fourth-order valence-corrected chi connectivity index (χ4v) is 3.40. The highest BCUT2D eigenvalue weighted by molar-refractivity contribution is 14.0. The molecule has 0 saturated carbocycles. The van der Waals surface area contributed by atoms with Gasteiger partial charge in [0.1, 0.15) is 0 Å². The van der Waals surface area contributed by atoms with E-state index in [2.05, 4.69) is 62.1 Å². The van der Waals surface area contributed by atoms with Crippen molar-refractivity contribution in [2.24, 2.45) is 4.99 Å². The zero-order valence-corrected chi connectivity index (χ0v) is 22.2. The van der Waals surface area contributed by atoms with Gasteiger partial charge in [-0.1, -0.05) is 24.3 Å². The average Bonchev–Trinajstić information content (AvgIpc) is 2.88. The normalized spacial score (nSPS) is 16.2. The lowest BCUT2D eigenvalue weighted by molar-refractivity contribution is -0.121. The van der Waals surface area contributed by atoms with Gasteiger partial charge in [-0.25, -0.2) is 4.99 Å². The number of aliphatic imine (C=N–C) groups is 1. The van der Waals surface area contributed by atoms with Crippen LogP contribution in [0.1, 0.15) is 45.2 Å². The van der Waals surface area contributed by atoms with Crippen LogP contribution in [0.5, 0.6) is 0 Å². The molecule has 1 aliphatic heterocycles. The molecule has 1 heterocycles. The van der Waals surface area contributed by atoms with E-state index in [9.17, 15) is 4.79 Å². The van der Waals surface area contributed by atoms with Crippen LogP contribution in [-0.2, 0) is 17.9 Å². The summed E-state index contributed by atoms with van der Waals surface area (Å²) in [4.78, 5) is 21.6. The van der Waals surface area contributed by atoms with Gasteiger partial charge in [0.2, 0.25) is 5.91 Å². The van der Waals surface area contributed by atoms with Crippen molar-refractivity contribution in [3.63, 3.8) is 0 Å². The zero-order valence-electron chi connectivity index (χ0n) is 19.8. The summed E-state index contributed by atoms with van der Waals surface area (Å²) in [7, 11) is 2.20. The first kappa shape index (κ1) is 27.6. The van der Waals surface area contributed by atoms with Crippen LogP contribution in [0.3, 0.4) is 0 Å². The van der Waals surface area contributed by atoms with Crippen molar-refractivity contribution in [3.05, 3.63) is 35.4 Å². The summed E-state index contributed by atoms with van der Waals surface area (Å²) in [6, 6.07) is 8.71. The fourth-order valence-electron chi connectivity index (χ4n) is 3.40. The number of likely N-dealkylation sites (N-methyl/N-ethyl adjacent to an activating group) is 1. The molecular formula is C23H41IN6O. The Balaban J connectivity index is 0.00000480. The van der Waals surface area contributed by atoms with Gasteiger partial charge in [-0.05, 0) is 65.4 Å².